The molecule has 1 atom stereocenters. The summed E-state index contributed by atoms with van der Waals surface area (Å²) in [5.74, 6) is -2.43. The van der Waals surface area contributed by atoms with Crippen LogP contribution in [0.15, 0.2) is 78.9 Å². The summed E-state index contributed by atoms with van der Waals surface area (Å²) in [6.45, 7) is 1.36. The van der Waals surface area contributed by atoms with Crippen molar-refractivity contribution in [3.05, 3.63) is 101 Å². The van der Waals surface area contributed by atoms with Crippen LogP contribution < -0.4 is 4.90 Å². The van der Waals surface area contributed by atoms with E-state index in [1.807, 2.05) is 18.2 Å². The van der Waals surface area contributed by atoms with Crippen molar-refractivity contribution in [3.63, 3.8) is 0 Å². The van der Waals surface area contributed by atoms with Gasteiger partial charge < -0.3 is 9.64 Å². The monoisotopic (exact) mass is 522 g/mol. The lowest BCUT2D eigenvalue weighted by Gasteiger charge is -2.24. The average molecular weight is 523 g/mol. The number of imide groups is 1. The van der Waals surface area contributed by atoms with E-state index in [9.17, 15) is 22.8 Å². The number of carbonyl (C=O) groups excluding carboxylic acids is 3. The summed E-state index contributed by atoms with van der Waals surface area (Å²) in [4.78, 5) is 41.1. The van der Waals surface area contributed by atoms with E-state index >= 15 is 0 Å². The van der Waals surface area contributed by atoms with Crippen molar-refractivity contribution in [1.82, 2.24) is 4.90 Å². The molecule has 3 amide bonds. The average Bonchev–Trinajstić information content (AvgIpc) is 3.23. The van der Waals surface area contributed by atoms with Crippen molar-refractivity contribution in [3.8, 4) is 0 Å². The Hall–Kier alpha value is -4.02. The zero-order chi connectivity index (χ0) is 26.6. The van der Waals surface area contributed by atoms with Crippen molar-refractivity contribution >= 4 is 33.7 Å². The zero-order valence-corrected chi connectivity index (χ0v) is 20.9. The van der Waals surface area contributed by atoms with Gasteiger partial charge in [-0.2, -0.15) is 8.42 Å². The number of hydrogen-bond acceptors (Lipinski definition) is 6. The van der Waals surface area contributed by atoms with Crippen LogP contribution in [0.3, 0.4) is 0 Å². The van der Waals surface area contributed by atoms with Crippen molar-refractivity contribution in [2.75, 3.05) is 17.2 Å². The highest BCUT2D eigenvalue weighted by Crippen LogP contribution is 2.29. The molecule has 0 saturated heterocycles. The number of fused-ring (bicyclic) bond motifs is 1. The highest BCUT2D eigenvalue weighted by atomic mass is 32.2. The molecular weight excluding hydrogens is 496 g/mol. The summed E-state index contributed by atoms with van der Waals surface area (Å²) in [5.41, 5.74) is 3.50. The largest absolute Gasteiger partial charge is 0.444 e. The second-order valence-corrected chi connectivity index (χ2v) is 10.2. The lowest BCUT2D eigenvalue weighted by atomic mass is 9.99. The van der Waals surface area contributed by atoms with Gasteiger partial charge >= 0.3 is 6.09 Å². The Bertz CT molecular complexity index is 1410. The Morgan fingerprint density at radius 2 is 1.65 bits per heavy atom. The van der Waals surface area contributed by atoms with Gasteiger partial charge in [-0.3, -0.25) is 14.1 Å². The number of nitrogens with zero attached hydrogens (tertiary/aromatic N) is 2. The molecule has 3 aromatic rings. The quantitative estimate of drug-likeness (QED) is 0.444. The summed E-state index contributed by atoms with van der Waals surface area (Å²) >= 11 is 0. The summed E-state index contributed by atoms with van der Waals surface area (Å²) in [5, 5.41) is 0. The van der Waals surface area contributed by atoms with Crippen molar-refractivity contribution < 1.29 is 32.1 Å². The number of ether oxygens (including phenoxy) is 1. The lowest BCUT2D eigenvalue weighted by molar-refractivity contribution is -0.130. The van der Waals surface area contributed by atoms with Gasteiger partial charge in [0.25, 0.3) is 16.0 Å². The molecule has 0 unspecified atom stereocenters. The first kappa shape index (κ1) is 26.1. The Balaban J connectivity index is 1.48. The van der Waals surface area contributed by atoms with Gasteiger partial charge in [-0.15, -0.1) is 0 Å². The summed E-state index contributed by atoms with van der Waals surface area (Å²) in [6, 6.07) is 23.0. The number of rotatable bonds is 8. The van der Waals surface area contributed by atoms with E-state index in [1.54, 1.807) is 72.5 Å². The fourth-order valence-electron chi connectivity index (χ4n) is 4.08. The van der Waals surface area contributed by atoms with Gasteiger partial charge in [0, 0.05) is 17.8 Å². The highest BCUT2D eigenvalue weighted by Gasteiger charge is 2.31. The Kier molecular flexibility index (Phi) is 7.70. The first-order chi connectivity index (χ1) is 17.6. The summed E-state index contributed by atoms with van der Waals surface area (Å²) in [6.07, 6.45) is -1.01. The molecule has 1 N–H and O–H groups in total. The molecule has 1 aliphatic rings. The van der Waals surface area contributed by atoms with Crippen LogP contribution in [0.2, 0.25) is 0 Å². The van der Waals surface area contributed by atoms with Crippen molar-refractivity contribution in [2.24, 2.45) is 0 Å². The molecule has 1 heterocycles. The first-order valence-corrected chi connectivity index (χ1v) is 13.2. The van der Waals surface area contributed by atoms with Crippen LogP contribution in [0.25, 0.3) is 0 Å². The van der Waals surface area contributed by atoms with Crippen LogP contribution in [-0.4, -0.2) is 48.1 Å². The fourth-order valence-corrected chi connectivity index (χ4v) is 4.49. The van der Waals surface area contributed by atoms with Gasteiger partial charge in [-0.05, 0) is 41.8 Å². The van der Waals surface area contributed by atoms with Crippen LogP contribution in [0, 0.1) is 0 Å². The Morgan fingerprint density at radius 1 is 1.00 bits per heavy atom. The topological polar surface area (TPSA) is 121 Å². The zero-order valence-electron chi connectivity index (χ0n) is 20.1. The molecular formula is C27H26N2O7S. The second-order valence-electron chi connectivity index (χ2n) is 8.68. The molecule has 0 fully saturated rings. The summed E-state index contributed by atoms with van der Waals surface area (Å²) in [7, 11) is -4.43. The minimum absolute atomic E-state index is 0.106. The normalized spacial score (nSPS) is 13.7. The van der Waals surface area contributed by atoms with E-state index < -0.39 is 40.3 Å². The van der Waals surface area contributed by atoms with E-state index in [4.69, 9.17) is 9.29 Å². The third-order valence-corrected chi connectivity index (χ3v) is 6.86. The number of hydrogen-bond donors (Lipinski definition) is 1. The molecule has 0 bridgehead atoms. The van der Waals surface area contributed by atoms with E-state index in [1.165, 1.54) is 0 Å². The smallest absolute Gasteiger partial charge is 0.416 e. The van der Waals surface area contributed by atoms with E-state index in [-0.39, 0.29) is 12.5 Å². The third kappa shape index (κ3) is 6.22. The molecule has 3 aromatic carbocycles. The maximum Gasteiger partial charge on any atom is 0.416 e. The predicted molar refractivity (Wildman–Crippen MR) is 137 cm³/mol. The van der Waals surface area contributed by atoms with E-state index in [0.717, 1.165) is 5.56 Å². The number of benzene rings is 3. The predicted octanol–water partition coefficient (Wildman–Crippen LogP) is 4.00. The molecule has 192 valence electrons. The maximum atomic E-state index is 13.2. The fraction of sp³-hybridized carbons (Fsp3) is 0.222. The molecule has 0 spiro atoms. The second kappa shape index (κ2) is 10.9. The number of amides is 3. The number of anilines is 1. The summed E-state index contributed by atoms with van der Waals surface area (Å²) < 4.78 is 37.0. The van der Waals surface area contributed by atoms with Crippen LogP contribution >= 0.6 is 0 Å². The van der Waals surface area contributed by atoms with Gasteiger partial charge in [-0.25, -0.2) is 9.69 Å². The van der Waals surface area contributed by atoms with Crippen molar-refractivity contribution in [1.29, 1.82) is 0 Å². The first-order valence-electron chi connectivity index (χ1n) is 11.6. The van der Waals surface area contributed by atoms with Crippen LogP contribution in [0.1, 0.15) is 39.9 Å². The third-order valence-electron chi connectivity index (χ3n) is 6.16. The molecule has 0 aromatic heterocycles. The Morgan fingerprint density at radius 3 is 2.30 bits per heavy atom. The minimum atomic E-state index is -4.43. The van der Waals surface area contributed by atoms with Gasteiger partial charge in [-0.1, -0.05) is 60.7 Å². The van der Waals surface area contributed by atoms with Crippen molar-refractivity contribution in [2.45, 2.75) is 26.0 Å². The van der Waals surface area contributed by atoms with Crippen LogP contribution in [0.5, 0.6) is 0 Å². The molecule has 10 heteroatoms. The minimum Gasteiger partial charge on any atom is -0.444 e. The molecule has 0 radical (unpaired) electrons. The molecule has 37 heavy (non-hydrogen) atoms. The molecule has 9 nitrogen and oxygen atoms in total. The van der Waals surface area contributed by atoms with Gasteiger partial charge in [0.15, 0.2) is 0 Å². The van der Waals surface area contributed by atoms with Gasteiger partial charge in [0.1, 0.15) is 6.61 Å². The van der Waals surface area contributed by atoms with Crippen LogP contribution in [0.4, 0.5) is 10.5 Å². The molecule has 0 aliphatic carbocycles. The van der Waals surface area contributed by atoms with E-state index in [2.05, 4.69) is 0 Å². The Labute approximate surface area is 215 Å². The number of carbonyl (C=O) groups is 3. The maximum absolute atomic E-state index is 13.2. The molecule has 4 rings (SSSR count). The van der Waals surface area contributed by atoms with E-state index in [0.29, 0.717) is 33.8 Å². The SMILES string of the molecule is C[C@@H](C(=O)N(CCS(=O)(=O)O)C(=O)OCc1ccccc1)c1ccc(N2Cc3ccccc3C2=O)cc1. The molecule has 0 saturated carbocycles. The molecule has 1 aliphatic heterocycles. The van der Waals surface area contributed by atoms with Crippen LogP contribution in [-0.2, 0) is 32.8 Å². The van der Waals surface area contributed by atoms with Gasteiger partial charge in [0.2, 0.25) is 5.91 Å². The van der Waals surface area contributed by atoms with Gasteiger partial charge in [0.05, 0.1) is 18.2 Å². The highest BCUT2D eigenvalue weighted by molar-refractivity contribution is 7.85. The standard InChI is InChI=1S/C27H26N2O7S/c1-19(21-11-13-23(14-12-21)29-17-22-9-5-6-10-24(22)26(29)31)25(30)28(15-16-37(33,34)35)27(32)36-18-20-7-3-2-4-8-20/h2-14,19H,15-18H2,1H3,(H,33,34,35)/t19-/m1/s1. The lowest BCUT2D eigenvalue weighted by Crippen LogP contribution is -2.42.